The van der Waals surface area contributed by atoms with Crippen molar-refractivity contribution in [2.24, 2.45) is 0 Å². The number of hydrogen-bond donors (Lipinski definition) is 1. The van der Waals surface area contributed by atoms with E-state index in [2.05, 4.69) is 15.2 Å². The Hall–Kier alpha value is -1.27. The summed E-state index contributed by atoms with van der Waals surface area (Å²) in [5.41, 5.74) is 2.23. The van der Waals surface area contributed by atoms with Gasteiger partial charge in [-0.2, -0.15) is 0 Å². The highest BCUT2D eigenvalue weighted by Crippen LogP contribution is 2.43. The summed E-state index contributed by atoms with van der Waals surface area (Å²) >= 11 is 7.88. The van der Waals surface area contributed by atoms with Gasteiger partial charge in [-0.3, -0.25) is 4.98 Å². The van der Waals surface area contributed by atoms with E-state index in [1.165, 1.54) is 0 Å². The van der Waals surface area contributed by atoms with Crippen LogP contribution < -0.4 is 5.84 Å². The van der Waals surface area contributed by atoms with Crippen LogP contribution in [0, 0.1) is 0 Å². The summed E-state index contributed by atoms with van der Waals surface area (Å²) in [6.07, 6.45) is 5.70. The van der Waals surface area contributed by atoms with Gasteiger partial charge in [0.25, 0.3) is 0 Å². The summed E-state index contributed by atoms with van der Waals surface area (Å²) in [6, 6.07) is 1.86. The molecule has 1 unspecified atom stereocenters. The van der Waals surface area contributed by atoms with Crippen LogP contribution in [0.5, 0.6) is 0 Å². The van der Waals surface area contributed by atoms with Crippen molar-refractivity contribution in [1.29, 1.82) is 0 Å². The zero-order valence-electron chi connectivity index (χ0n) is 11.2. The molecule has 0 bridgehead atoms. The lowest BCUT2D eigenvalue weighted by molar-refractivity contribution is 0.652. The van der Waals surface area contributed by atoms with E-state index in [9.17, 15) is 0 Å². The SMILES string of the molecule is CCc1nnc(SC2CCCc3c(Cl)ccnc32)n1N. The van der Waals surface area contributed by atoms with Crippen molar-refractivity contribution in [2.45, 2.75) is 43.0 Å². The maximum Gasteiger partial charge on any atom is 0.210 e. The first-order valence-corrected chi connectivity index (χ1v) is 7.95. The fourth-order valence-corrected chi connectivity index (χ4v) is 3.89. The molecule has 2 aromatic rings. The van der Waals surface area contributed by atoms with Gasteiger partial charge in [0.05, 0.1) is 10.9 Å². The number of hydrogen-bond acceptors (Lipinski definition) is 5. The number of nitrogens with zero attached hydrogens (tertiary/aromatic N) is 4. The molecule has 0 saturated heterocycles. The molecule has 1 aliphatic carbocycles. The molecule has 106 valence electrons. The number of pyridine rings is 1. The predicted molar refractivity (Wildman–Crippen MR) is 80.3 cm³/mol. The van der Waals surface area contributed by atoms with E-state index in [4.69, 9.17) is 17.4 Å². The van der Waals surface area contributed by atoms with E-state index in [-0.39, 0.29) is 5.25 Å². The molecule has 0 fully saturated rings. The summed E-state index contributed by atoms with van der Waals surface area (Å²) in [4.78, 5) is 4.51. The summed E-state index contributed by atoms with van der Waals surface area (Å²) in [5, 5.41) is 10.1. The Morgan fingerprint density at radius 3 is 3.10 bits per heavy atom. The molecule has 0 aromatic carbocycles. The lowest BCUT2D eigenvalue weighted by Crippen LogP contribution is -2.15. The smallest absolute Gasteiger partial charge is 0.210 e. The van der Waals surface area contributed by atoms with Gasteiger partial charge in [0, 0.05) is 17.6 Å². The van der Waals surface area contributed by atoms with Crippen molar-refractivity contribution in [3.8, 4) is 0 Å². The highest BCUT2D eigenvalue weighted by Gasteiger charge is 2.26. The van der Waals surface area contributed by atoms with Gasteiger partial charge in [-0.25, -0.2) is 4.68 Å². The van der Waals surface area contributed by atoms with Gasteiger partial charge >= 0.3 is 0 Å². The van der Waals surface area contributed by atoms with E-state index in [1.54, 1.807) is 22.6 Å². The Morgan fingerprint density at radius 2 is 2.35 bits per heavy atom. The van der Waals surface area contributed by atoms with Crippen LogP contribution in [-0.4, -0.2) is 19.9 Å². The molecule has 0 aliphatic heterocycles. The normalized spacial score (nSPS) is 18.0. The topological polar surface area (TPSA) is 69.6 Å². The second kappa shape index (κ2) is 5.61. The predicted octanol–water partition coefficient (Wildman–Crippen LogP) is 2.77. The summed E-state index contributed by atoms with van der Waals surface area (Å²) in [5.74, 6) is 6.80. The standard InChI is InChI=1S/C13H16ClN5S/c1-2-11-17-18-13(19(11)15)20-10-5-3-4-8-9(14)6-7-16-12(8)10/h6-7,10H,2-5,15H2,1H3. The third kappa shape index (κ3) is 2.38. The number of aromatic nitrogens is 4. The van der Waals surface area contributed by atoms with Crippen LogP contribution in [0.25, 0.3) is 0 Å². The molecular weight excluding hydrogens is 294 g/mol. The van der Waals surface area contributed by atoms with E-state index in [1.807, 2.05) is 13.0 Å². The van der Waals surface area contributed by atoms with Crippen LogP contribution in [0.2, 0.25) is 5.02 Å². The van der Waals surface area contributed by atoms with Crippen LogP contribution in [-0.2, 0) is 12.8 Å². The number of rotatable bonds is 3. The number of nitrogen functional groups attached to an aromatic ring is 1. The molecule has 2 N–H and O–H groups in total. The van der Waals surface area contributed by atoms with Crippen molar-refractivity contribution < 1.29 is 0 Å². The minimum atomic E-state index is 0.244. The van der Waals surface area contributed by atoms with Gasteiger partial charge in [-0.05, 0) is 30.9 Å². The summed E-state index contributed by atoms with van der Waals surface area (Å²) < 4.78 is 1.57. The molecule has 2 aromatic heterocycles. The maximum absolute atomic E-state index is 6.26. The van der Waals surface area contributed by atoms with Crippen LogP contribution in [0.15, 0.2) is 17.4 Å². The zero-order chi connectivity index (χ0) is 14.1. The van der Waals surface area contributed by atoms with Gasteiger partial charge < -0.3 is 5.84 Å². The highest BCUT2D eigenvalue weighted by atomic mass is 35.5. The first-order valence-electron chi connectivity index (χ1n) is 6.70. The Labute approximate surface area is 126 Å². The third-order valence-corrected chi connectivity index (χ3v) is 5.12. The molecule has 20 heavy (non-hydrogen) atoms. The second-order valence-corrected chi connectivity index (χ2v) is 6.35. The van der Waals surface area contributed by atoms with Gasteiger partial charge in [-0.1, -0.05) is 30.3 Å². The quantitative estimate of drug-likeness (QED) is 0.883. The molecule has 5 nitrogen and oxygen atoms in total. The average molecular weight is 310 g/mol. The molecule has 3 rings (SSSR count). The van der Waals surface area contributed by atoms with E-state index in [0.717, 1.165) is 52.9 Å². The minimum absolute atomic E-state index is 0.244. The second-order valence-electron chi connectivity index (χ2n) is 4.78. The molecule has 0 radical (unpaired) electrons. The Morgan fingerprint density at radius 1 is 1.50 bits per heavy atom. The van der Waals surface area contributed by atoms with E-state index < -0.39 is 0 Å². The molecular formula is C13H16ClN5S. The molecule has 0 saturated carbocycles. The Bertz CT molecular complexity index is 627. The van der Waals surface area contributed by atoms with Crippen molar-refractivity contribution >= 4 is 23.4 Å². The van der Waals surface area contributed by atoms with E-state index in [0.29, 0.717) is 0 Å². The van der Waals surface area contributed by atoms with Crippen LogP contribution in [0.4, 0.5) is 0 Å². The molecule has 7 heteroatoms. The van der Waals surface area contributed by atoms with Gasteiger partial charge in [0.1, 0.15) is 0 Å². The lowest BCUT2D eigenvalue weighted by atomic mass is 9.96. The lowest BCUT2D eigenvalue weighted by Gasteiger charge is -2.23. The fourth-order valence-electron chi connectivity index (χ4n) is 2.48. The van der Waals surface area contributed by atoms with Crippen LogP contribution in [0.1, 0.15) is 42.1 Å². The Balaban J connectivity index is 1.89. The molecule has 1 aliphatic rings. The maximum atomic E-state index is 6.26. The van der Waals surface area contributed by atoms with Crippen molar-refractivity contribution in [3.63, 3.8) is 0 Å². The average Bonchev–Trinajstić information content (AvgIpc) is 2.81. The van der Waals surface area contributed by atoms with E-state index >= 15 is 0 Å². The number of fused-ring (bicyclic) bond motifs is 1. The third-order valence-electron chi connectivity index (χ3n) is 3.53. The summed E-state index contributed by atoms with van der Waals surface area (Å²) in [7, 11) is 0. The number of halogens is 1. The largest absolute Gasteiger partial charge is 0.336 e. The molecule has 0 spiro atoms. The zero-order valence-corrected chi connectivity index (χ0v) is 12.8. The highest BCUT2D eigenvalue weighted by molar-refractivity contribution is 7.99. The fraction of sp³-hybridized carbons (Fsp3) is 0.462. The van der Waals surface area contributed by atoms with Gasteiger partial charge in [-0.15, -0.1) is 10.2 Å². The monoisotopic (exact) mass is 309 g/mol. The number of thioether (sulfide) groups is 1. The molecule has 0 amide bonds. The molecule has 1 atom stereocenters. The first kappa shape index (κ1) is 13.7. The van der Waals surface area contributed by atoms with Gasteiger partial charge in [0.15, 0.2) is 5.82 Å². The Kier molecular flexibility index (Phi) is 3.85. The van der Waals surface area contributed by atoms with Crippen molar-refractivity contribution in [3.05, 3.63) is 34.4 Å². The molecule has 2 heterocycles. The number of aryl methyl sites for hydroxylation is 1. The van der Waals surface area contributed by atoms with Crippen molar-refractivity contribution in [1.82, 2.24) is 19.9 Å². The van der Waals surface area contributed by atoms with Crippen LogP contribution in [0.3, 0.4) is 0 Å². The van der Waals surface area contributed by atoms with Crippen LogP contribution >= 0.6 is 23.4 Å². The number of nitrogens with two attached hydrogens (primary N) is 1. The summed E-state index contributed by atoms with van der Waals surface area (Å²) in [6.45, 7) is 2.01. The first-order chi connectivity index (χ1) is 9.70. The minimum Gasteiger partial charge on any atom is -0.336 e. The van der Waals surface area contributed by atoms with Gasteiger partial charge in [0.2, 0.25) is 5.16 Å². The van der Waals surface area contributed by atoms with Crippen molar-refractivity contribution in [2.75, 3.05) is 5.84 Å².